The summed E-state index contributed by atoms with van der Waals surface area (Å²) in [5.41, 5.74) is 0.433. The van der Waals surface area contributed by atoms with Crippen LogP contribution in [0.5, 0.6) is 0 Å². The highest BCUT2D eigenvalue weighted by Crippen LogP contribution is 2.08. The lowest BCUT2D eigenvalue weighted by atomic mass is 10.0. The van der Waals surface area contributed by atoms with Crippen LogP contribution in [0, 0.1) is 5.92 Å². The number of allylic oxidation sites excluding steroid dienone is 10. The molecular weight excluding hydrogens is 514 g/mol. The lowest BCUT2D eigenvalue weighted by Gasteiger charge is -2.23. The van der Waals surface area contributed by atoms with Crippen LogP contribution < -0.4 is 10.6 Å². The van der Waals surface area contributed by atoms with Gasteiger partial charge < -0.3 is 15.4 Å². The van der Waals surface area contributed by atoms with E-state index in [9.17, 15) is 14.4 Å². The van der Waals surface area contributed by atoms with E-state index in [0.717, 1.165) is 38.5 Å². The summed E-state index contributed by atoms with van der Waals surface area (Å²) in [6.07, 6.45) is 30.8. The predicted molar refractivity (Wildman–Crippen MR) is 167 cm³/mol. The zero-order chi connectivity index (χ0) is 30.1. The summed E-state index contributed by atoms with van der Waals surface area (Å²) < 4.78 is 5.49. The molecule has 0 bridgehead atoms. The molecule has 2 amide bonds. The van der Waals surface area contributed by atoms with Crippen molar-refractivity contribution in [2.24, 2.45) is 5.92 Å². The lowest BCUT2D eigenvalue weighted by molar-refractivity contribution is -0.153. The zero-order valence-corrected chi connectivity index (χ0v) is 25.3. The molecule has 2 unspecified atom stereocenters. The van der Waals surface area contributed by atoms with Crippen molar-refractivity contribution in [2.45, 2.75) is 91.2 Å². The van der Waals surface area contributed by atoms with Crippen molar-refractivity contribution in [3.63, 3.8) is 0 Å². The summed E-state index contributed by atoms with van der Waals surface area (Å²) in [4.78, 5) is 41.2. The van der Waals surface area contributed by atoms with Crippen LogP contribution in [0.3, 0.4) is 0 Å². The number of ether oxygens (including phenoxy) is 1. The molecule has 0 radical (unpaired) electrons. The summed E-state index contributed by atoms with van der Waals surface area (Å²) in [5, 5.41) is 5.54. The third kappa shape index (κ3) is 18.3. The number of nitrogens with zero attached hydrogens (tertiary/aromatic N) is 1. The fourth-order valence-electron chi connectivity index (χ4n) is 3.64. The van der Waals surface area contributed by atoms with Crippen LogP contribution >= 0.6 is 0 Å². The average Bonchev–Trinajstić information content (AvgIpc) is 2.96. The van der Waals surface area contributed by atoms with Gasteiger partial charge in [-0.25, -0.2) is 4.79 Å². The maximum Gasteiger partial charge on any atom is 0.329 e. The number of nitrogens with one attached hydrogen (secondary N) is 2. The Kier molecular flexibility index (Phi) is 19.8. The number of carbonyl (C=O) groups excluding carboxylic acids is 3. The van der Waals surface area contributed by atoms with Crippen molar-refractivity contribution in [1.82, 2.24) is 15.6 Å². The minimum atomic E-state index is -0.743. The average molecular weight is 564 g/mol. The van der Waals surface area contributed by atoms with Gasteiger partial charge in [0.15, 0.2) is 0 Å². The highest BCUT2D eigenvalue weighted by Gasteiger charge is 2.27. The second kappa shape index (κ2) is 23.0. The fraction of sp³-hybridized carbons (Fsp3) is 0.471. The van der Waals surface area contributed by atoms with Crippen molar-refractivity contribution in [3.8, 4) is 0 Å². The van der Waals surface area contributed by atoms with E-state index < -0.39 is 18.1 Å². The first-order valence-electron chi connectivity index (χ1n) is 14.8. The smallest absolute Gasteiger partial charge is 0.329 e. The Morgan fingerprint density at radius 3 is 2.00 bits per heavy atom. The zero-order valence-electron chi connectivity index (χ0n) is 25.3. The Morgan fingerprint density at radius 2 is 1.46 bits per heavy atom. The van der Waals surface area contributed by atoms with Gasteiger partial charge in [0.25, 0.3) is 5.91 Å². The van der Waals surface area contributed by atoms with E-state index in [-0.39, 0.29) is 24.3 Å². The van der Waals surface area contributed by atoms with Crippen LogP contribution in [0.15, 0.2) is 85.3 Å². The van der Waals surface area contributed by atoms with Gasteiger partial charge in [-0.2, -0.15) is 0 Å². The van der Waals surface area contributed by atoms with Gasteiger partial charge in [-0.05, 0) is 69.9 Å². The topological polar surface area (TPSA) is 97.4 Å². The molecule has 0 fully saturated rings. The normalized spacial score (nSPS) is 13.6. The van der Waals surface area contributed by atoms with Gasteiger partial charge in [0, 0.05) is 18.8 Å². The number of hydrogen-bond donors (Lipinski definition) is 2. The summed E-state index contributed by atoms with van der Waals surface area (Å²) in [6, 6.07) is 2.59. The molecule has 2 N–H and O–H groups in total. The number of rotatable bonds is 20. The van der Waals surface area contributed by atoms with Crippen molar-refractivity contribution in [1.29, 1.82) is 0 Å². The lowest BCUT2D eigenvalue weighted by Crippen LogP contribution is -2.47. The molecule has 224 valence electrons. The number of amides is 2. The number of hydrogen-bond acceptors (Lipinski definition) is 5. The Balaban J connectivity index is 2.23. The van der Waals surface area contributed by atoms with Gasteiger partial charge in [0.2, 0.25) is 5.91 Å². The van der Waals surface area contributed by atoms with Gasteiger partial charge in [-0.15, -0.1) is 0 Å². The Bertz CT molecular complexity index is 1030. The van der Waals surface area contributed by atoms with Gasteiger partial charge in [0.05, 0.1) is 12.1 Å². The summed E-state index contributed by atoms with van der Waals surface area (Å²) >= 11 is 0. The molecule has 0 spiro atoms. The SMILES string of the molecule is CCC=CCC=CCC=CCC=CCC=CCCCC(=O)NC(C(=O)OC(C)CNC(=O)c1cccnc1)C(C)C. The molecule has 0 aliphatic rings. The van der Waals surface area contributed by atoms with Crippen LogP contribution in [0.2, 0.25) is 0 Å². The standard InChI is InChI=1S/C34H49N3O4/c1-5-6-7-8-9-10-11-12-13-14-15-16-17-18-19-20-21-24-31(38)37-32(28(2)3)34(40)41-29(4)26-36-33(39)30-23-22-25-35-27-30/h6-7,9-10,12-13,15-16,18-19,22-23,25,27-29,32H,5,8,11,14,17,20-21,24,26H2,1-4H3,(H,36,39)(H,37,38). The molecule has 1 rings (SSSR count). The van der Waals surface area contributed by atoms with Crippen LogP contribution in [0.4, 0.5) is 0 Å². The molecule has 7 nitrogen and oxygen atoms in total. The molecule has 0 aromatic carbocycles. The molecule has 1 heterocycles. The van der Waals surface area contributed by atoms with E-state index in [1.807, 2.05) is 13.8 Å². The maximum atomic E-state index is 12.7. The Hall–Kier alpha value is -3.74. The largest absolute Gasteiger partial charge is 0.459 e. The first kappa shape index (κ1) is 35.3. The predicted octanol–water partition coefficient (Wildman–Crippen LogP) is 6.81. The molecule has 0 saturated carbocycles. The van der Waals surface area contributed by atoms with Crippen LogP contribution in [0.25, 0.3) is 0 Å². The number of carbonyl (C=O) groups is 3. The van der Waals surface area contributed by atoms with E-state index in [0.29, 0.717) is 18.4 Å². The van der Waals surface area contributed by atoms with Gasteiger partial charge in [-0.1, -0.05) is 81.5 Å². The quantitative estimate of drug-likeness (QED) is 0.103. The van der Waals surface area contributed by atoms with Crippen LogP contribution in [-0.4, -0.2) is 41.5 Å². The number of esters is 1. The molecule has 0 saturated heterocycles. The minimum absolute atomic E-state index is 0.130. The summed E-state index contributed by atoms with van der Waals surface area (Å²) in [7, 11) is 0. The second-order valence-electron chi connectivity index (χ2n) is 10.1. The third-order valence-electron chi connectivity index (χ3n) is 5.96. The molecule has 0 aliphatic heterocycles. The van der Waals surface area contributed by atoms with Gasteiger partial charge in [-0.3, -0.25) is 14.6 Å². The molecule has 1 aromatic heterocycles. The number of unbranched alkanes of at least 4 members (excludes halogenated alkanes) is 1. The molecule has 1 aromatic rings. The Morgan fingerprint density at radius 1 is 0.878 bits per heavy atom. The van der Waals surface area contributed by atoms with E-state index in [2.05, 4.69) is 83.3 Å². The first-order valence-corrected chi connectivity index (χ1v) is 14.8. The highest BCUT2D eigenvalue weighted by atomic mass is 16.5. The summed E-state index contributed by atoms with van der Waals surface area (Å²) in [5.74, 6) is -1.10. The molecule has 0 aliphatic carbocycles. The second-order valence-corrected chi connectivity index (χ2v) is 10.1. The van der Waals surface area contributed by atoms with E-state index in [1.165, 1.54) is 6.20 Å². The van der Waals surface area contributed by atoms with Crippen molar-refractivity contribution >= 4 is 17.8 Å². The summed E-state index contributed by atoms with van der Waals surface area (Å²) in [6.45, 7) is 7.72. The highest BCUT2D eigenvalue weighted by molar-refractivity contribution is 5.93. The van der Waals surface area contributed by atoms with Crippen LogP contribution in [0.1, 0.15) is 89.4 Å². The van der Waals surface area contributed by atoms with Crippen LogP contribution in [-0.2, 0) is 14.3 Å². The number of pyridine rings is 1. The molecule has 7 heteroatoms. The monoisotopic (exact) mass is 563 g/mol. The van der Waals surface area contributed by atoms with Crippen molar-refractivity contribution in [2.75, 3.05) is 6.54 Å². The maximum absolute atomic E-state index is 12.7. The number of aromatic nitrogens is 1. The Labute approximate surface area is 246 Å². The third-order valence-corrected chi connectivity index (χ3v) is 5.96. The van der Waals surface area contributed by atoms with Gasteiger partial charge in [0.1, 0.15) is 12.1 Å². The van der Waals surface area contributed by atoms with Crippen molar-refractivity contribution < 1.29 is 19.1 Å². The first-order chi connectivity index (χ1) is 19.8. The van der Waals surface area contributed by atoms with E-state index >= 15 is 0 Å². The van der Waals surface area contributed by atoms with Gasteiger partial charge >= 0.3 is 5.97 Å². The molecule has 2 atom stereocenters. The van der Waals surface area contributed by atoms with E-state index in [4.69, 9.17) is 4.74 Å². The molecular formula is C34H49N3O4. The fourth-order valence-corrected chi connectivity index (χ4v) is 3.64. The molecule has 41 heavy (non-hydrogen) atoms. The van der Waals surface area contributed by atoms with Crippen molar-refractivity contribution in [3.05, 3.63) is 90.9 Å². The minimum Gasteiger partial charge on any atom is -0.459 e. The van der Waals surface area contributed by atoms with E-state index in [1.54, 1.807) is 25.3 Å².